The van der Waals surface area contributed by atoms with Crippen molar-refractivity contribution in [3.05, 3.63) is 57.4 Å². The Morgan fingerprint density at radius 1 is 1.33 bits per heavy atom. The van der Waals surface area contributed by atoms with Crippen molar-refractivity contribution < 1.29 is 19.4 Å². The van der Waals surface area contributed by atoms with Gasteiger partial charge in [0.1, 0.15) is 5.70 Å². The SMILES string of the molecule is COc1cc2c(cc1OC(C)C)C1C(c3cccs3)C=C(C(=O)O)N1CC2. The second-order valence-electron chi connectivity index (χ2n) is 7.15. The topological polar surface area (TPSA) is 59.0 Å². The maximum absolute atomic E-state index is 11.8. The zero-order valence-electron chi connectivity index (χ0n) is 15.6. The minimum atomic E-state index is -0.866. The maximum Gasteiger partial charge on any atom is 0.351 e. The first-order valence-electron chi connectivity index (χ1n) is 9.12. The lowest BCUT2D eigenvalue weighted by atomic mass is 9.86. The van der Waals surface area contributed by atoms with Crippen molar-refractivity contribution in [3.63, 3.8) is 0 Å². The zero-order chi connectivity index (χ0) is 19.1. The first-order valence-corrected chi connectivity index (χ1v) is 10.00. The van der Waals surface area contributed by atoms with Crippen LogP contribution in [0.25, 0.3) is 0 Å². The fourth-order valence-corrected chi connectivity index (χ4v) is 4.92. The second-order valence-corrected chi connectivity index (χ2v) is 8.13. The minimum absolute atomic E-state index is 0.0236. The van der Waals surface area contributed by atoms with Crippen LogP contribution in [0.5, 0.6) is 11.5 Å². The number of carboxylic acids is 1. The molecule has 2 aromatic rings. The van der Waals surface area contributed by atoms with Crippen LogP contribution in [0.2, 0.25) is 0 Å². The molecule has 4 rings (SSSR count). The third kappa shape index (κ3) is 3.08. The standard InChI is InChI=1S/C21H23NO4S/c1-12(2)26-18-11-14-13(9-17(18)25-3)6-7-22-16(21(23)24)10-15(20(14)22)19-5-4-8-27-19/h4-5,8-12,15,20H,6-7H2,1-3H3,(H,23,24). The summed E-state index contributed by atoms with van der Waals surface area (Å²) in [5.41, 5.74) is 2.72. The predicted molar refractivity (Wildman–Crippen MR) is 105 cm³/mol. The molecule has 142 valence electrons. The summed E-state index contributed by atoms with van der Waals surface area (Å²) in [6.07, 6.45) is 2.72. The van der Waals surface area contributed by atoms with E-state index in [4.69, 9.17) is 9.47 Å². The highest BCUT2D eigenvalue weighted by Gasteiger charge is 2.42. The van der Waals surface area contributed by atoms with Crippen LogP contribution < -0.4 is 9.47 Å². The third-order valence-electron chi connectivity index (χ3n) is 5.14. The molecule has 0 aliphatic carbocycles. The summed E-state index contributed by atoms with van der Waals surface area (Å²) in [6, 6.07) is 8.16. The Kier molecular flexibility index (Phi) is 4.60. The Hall–Kier alpha value is -2.47. The minimum Gasteiger partial charge on any atom is -0.493 e. The number of aliphatic carboxylic acids is 1. The summed E-state index contributed by atoms with van der Waals surface area (Å²) in [7, 11) is 1.65. The van der Waals surface area contributed by atoms with Crippen molar-refractivity contribution in [3.8, 4) is 11.5 Å². The van der Waals surface area contributed by atoms with E-state index < -0.39 is 5.97 Å². The molecule has 6 heteroatoms. The number of ether oxygens (including phenoxy) is 2. The number of nitrogens with zero attached hydrogens (tertiary/aromatic N) is 1. The fraction of sp³-hybridized carbons (Fsp3) is 0.381. The third-order valence-corrected chi connectivity index (χ3v) is 6.12. The molecule has 0 spiro atoms. The molecule has 2 aliphatic heterocycles. The lowest BCUT2D eigenvalue weighted by molar-refractivity contribution is -0.134. The van der Waals surface area contributed by atoms with Gasteiger partial charge in [0.25, 0.3) is 0 Å². The highest BCUT2D eigenvalue weighted by atomic mass is 32.1. The average molecular weight is 385 g/mol. The predicted octanol–water partition coefficient (Wildman–Crippen LogP) is 4.21. The van der Waals surface area contributed by atoms with Crippen molar-refractivity contribution in [1.29, 1.82) is 0 Å². The van der Waals surface area contributed by atoms with Crippen molar-refractivity contribution >= 4 is 17.3 Å². The number of rotatable bonds is 5. The fourth-order valence-electron chi connectivity index (χ4n) is 4.09. The van der Waals surface area contributed by atoms with Gasteiger partial charge in [0.05, 0.1) is 19.3 Å². The van der Waals surface area contributed by atoms with Crippen LogP contribution in [0.3, 0.4) is 0 Å². The van der Waals surface area contributed by atoms with Gasteiger partial charge in [0.2, 0.25) is 0 Å². The van der Waals surface area contributed by atoms with E-state index >= 15 is 0 Å². The molecule has 1 N–H and O–H groups in total. The van der Waals surface area contributed by atoms with Crippen molar-refractivity contribution in [2.24, 2.45) is 0 Å². The van der Waals surface area contributed by atoms with Crippen LogP contribution in [-0.4, -0.2) is 35.7 Å². The molecule has 0 saturated carbocycles. The summed E-state index contributed by atoms with van der Waals surface area (Å²) >= 11 is 1.67. The Bertz CT molecular complexity index is 888. The Morgan fingerprint density at radius 2 is 2.15 bits per heavy atom. The van der Waals surface area contributed by atoms with Gasteiger partial charge in [-0.1, -0.05) is 6.07 Å². The van der Waals surface area contributed by atoms with Crippen LogP contribution >= 0.6 is 11.3 Å². The van der Waals surface area contributed by atoms with Crippen LogP contribution in [0.1, 0.15) is 41.8 Å². The quantitative estimate of drug-likeness (QED) is 0.836. The average Bonchev–Trinajstić information content (AvgIpc) is 3.28. The van der Waals surface area contributed by atoms with E-state index in [1.807, 2.05) is 42.3 Å². The van der Waals surface area contributed by atoms with E-state index in [9.17, 15) is 9.90 Å². The van der Waals surface area contributed by atoms with E-state index in [-0.39, 0.29) is 18.1 Å². The molecule has 5 nitrogen and oxygen atoms in total. The molecular formula is C21H23NO4S. The van der Waals surface area contributed by atoms with Gasteiger partial charge in [-0.25, -0.2) is 4.79 Å². The number of carbonyl (C=O) groups is 1. The monoisotopic (exact) mass is 385 g/mol. The summed E-state index contributed by atoms with van der Waals surface area (Å²) in [5, 5.41) is 11.8. The van der Waals surface area contributed by atoms with Gasteiger partial charge in [0, 0.05) is 17.3 Å². The molecule has 27 heavy (non-hydrogen) atoms. The van der Waals surface area contributed by atoms with Crippen molar-refractivity contribution in [2.75, 3.05) is 13.7 Å². The number of fused-ring (bicyclic) bond motifs is 3. The van der Waals surface area contributed by atoms with E-state index in [0.29, 0.717) is 18.0 Å². The highest BCUT2D eigenvalue weighted by molar-refractivity contribution is 7.10. The van der Waals surface area contributed by atoms with Gasteiger partial charge in [-0.05, 0) is 61.1 Å². The molecule has 2 aliphatic rings. The molecule has 0 fully saturated rings. The number of thiophene rings is 1. The van der Waals surface area contributed by atoms with Crippen LogP contribution in [0.4, 0.5) is 0 Å². The van der Waals surface area contributed by atoms with Gasteiger partial charge < -0.3 is 19.5 Å². The van der Waals surface area contributed by atoms with Gasteiger partial charge in [-0.3, -0.25) is 0 Å². The summed E-state index contributed by atoms with van der Waals surface area (Å²) < 4.78 is 11.5. The van der Waals surface area contributed by atoms with Crippen LogP contribution in [-0.2, 0) is 11.2 Å². The Labute approximate surface area is 162 Å². The number of carboxylic acid groups (broad SMARTS) is 1. The number of benzene rings is 1. The summed E-state index contributed by atoms with van der Waals surface area (Å²) in [5.74, 6) is 0.597. The Balaban J connectivity index is 1.83. The lowest BCUT2D eigenvalue weighted by Gasteiger charge is -2.37. The van der Waals surface area contributed by atoms with Crippen LogP contribution in [0, 0.1) is 0 Å². The van der Waals surface area contributed by atoms with Crippen molar-refractivity contribution in [2.45, 2.75) is 38.3 Å². The van der Waals surface area contributed by atoms with Gasteiger partial charge in [0.15, 0.2) is 11.5 Å². The van der Waals surface area contributed by atoms with Crippen molar-refractivity contribution in [1.82, 2.24) is 4.90 Å². The normalized spacial score (nSPS) is 20.9. The Morgan fingerprint density at radius 3 is 2.78 bits per heavy atom. The molecule has 3 heterocycles. The van der Waals surface area contributed by atoms with Gasteiger partial charge >= 0.3 is 5.97 Å². The molecule has 0 saturated heterocycles. The molecule has 0 bridgehead atoms. The van der Waals surface area contributed by atoms with Crippen LogP contribution in [0.15, 0.2) is 41.4 Å². The van der Waals surface area contributed by atoms with E-state index in [2.05, 4.69) is 12.1 Å². The first kappa shape index (κ1) is 17.9. The van der Waals surface area contributed by atoms with Gasteiger partial charge in [-0.15, -0.1) is 11.3 Å². The molecule has 0 amide bonds. The second kappa shape index (κ2) is 6.93. The number of hydrogen-bond donors (Lipinski definition) is 1. The van der Waals surface area contributed by atoms with E-state index in [1.54, 1.807) is 18.4 Å². The first-order chi connectivity index (χ1) is 13.0. The molecule has 1 aromatic heterocycles. The highest BCUT2D eigenvalue weighted by Crippen LogP contribution is 2.51. The number of methoxy groups -OCH3 is 1. The maximum atomic E-state index is 11.8. The molecule has 0 radical (unpaired) electrons. The summed E-state index contributed by atoms with van der Waals surface area (Å²) in [4.78, 5) is 15.1. The molecular weight excluding hydrogens is 362 g/mol. The molecule has 2 unspecified atom stereocenters. The number of hydrogen-bond acceptors (Lipinski definition) is 5. The van der Waals surface area contributed by atoms with E-state index in [1.165, 1.54) is 10.4 Å². The van der Waals surface area contributed by atoms with Gasteiger partial charge in [-0.2, -0.15) is 0 Å². The van der Waals surface area contributed by atoms with E-state index in [0.717, 1.165) is 17.7 Å². The summed E-state index contributed by atoms with van der Waals surface area (Å²) in [6.45, 7) is 4.66. The molecule has 1 aromatic carbocycles. The molecule has 2 atom stereocenters. The zero-order valence-corrected chi connectivity index (χ0v) is 16.5. The lowest BCUT2D eigenvalue weighted by Crippen LogP contribution is -2.35. The largest absolute Gasteiger partial charge is 0.493 e. The smallest absolute Gasteiger partial charge is 0.351 e.